The van der Waals surface area contributed by atoms with E-state index in [0.717, 1.165) is 22.4 Å². The molecule has 1 aromatic heterocycles. The van der Waals surface area contributed by atoms with Gasteiger partial charge in [0.05, 0.1) is 17.6 Å². The Labute approximate surface area is 132 Å². The van der Waals surface area contributed by atoms with Gasteiger partial charge in [-0.05, 0) is 35.0 Å². The van der Waals surface area contributed by atoms with Gasteiger partial charge < -0.3 is 5.32 Å². The maximum atomic E-state index is 4.21. The summed E-state index contributed by atoms with van der Waals surface area (Å²) in [6.45, 7) is 4.97. The molecule has 3 aromatic rings. The molecule has 0 aliphatic heterocycles. The molecule has 4 nitrogen and oxygen atoms in total. The lowest BCUT2D eigenvalue weighted by Gasteiger charge is -2.05. The molecule has 0 unspecified atom stereocenters. The van der Waals surface area contributed by atoms with E-state index in [4.69, 9.17) is 0 Å². The van der Waals surface area contributed by atoms with Crippen LogP contribution in [0, 0.1) is 0 Å². The second-order valence-electron chi connectivity index (χ2n) is 5.37. The number of hydrogen-bond acceptors (Lipinski definition) is 3. The highest BCUT2D eigenvalue weighted by molar-refractivity contribution is 9.10. The quantitative estimate of drug-likeness (QED) is 0.784. The van der Waals surface area contributed by atoms with Crippen LogP contribution >= 0.6 is 15.9 Å². The van der Waals surface area contributed by atoms with Gasteiger partial charge in [-0.1, -0.05) is 47.1 Å². The summed E-state index contributed by atoms with van der Waals surface area (Å²) in [5.41, 5.74) is 1.97. The van der Waals surface area contributed by atoms with E-state index in [1.165, 1.54) is 10.8 Å². The van der Waals surface area contributed by atoms with E-state index in [0.29, 0.717) is 6.04 Å². The fourth-order valence-corrected chi connectivity index (χ4v) is 2.54. The van der Waals surface area contributed by atoms with E-state index >= 15 is 0 Å². The maximum absolute atomic E-state index is 4.21. The number of hydrogen-bond donors (Lipinski definition) is 1. The van der Waals surface area contributed by atoms with Crippen LogP contribution in [0.15, 0.2) is 47.1 Å². The second kappa shape index (κ2) is 5.95. The third-order valence-electron chi connectivity index (χ3n) is 3.28. The fraction of sp³-hybridized carbons (Fsp3) is 0.250. The van der Waals surface area contributed by atoms with E-state index in [9.17, 15) is 0 Å². The van der Waals surface area contributed by atoms with Crippen LogP contribution in [0.3, 0.4) is 0 Å². The SMILES string of the molecule is CC(C)NCc1cn(-c2ccc3cc(Br)ccc3c2)nn1. The van der Waals surface area contributed by atoms with Crippen molar-refractivity contribution in [1.82, 2.24) is 20.3 Å². The van der Waals surface area contributed by atoms with Gasteiger partial charge in [-0.25, -0.2) is 4.68 Å². The van der Waals surface area contributed by atoms with Crippen molar-refractivity contribution in [3.05, 3.63) is 52.8 Å². The zero-order valence-corrected chi connectivity index (χ0v) is 13.6. The Morgan fingerprint density at radius 1 is 1.14 bits per heavy atom. The lowest BCUT2D eigenvalue weighted by atomic mass is 10.1. The minimum atomic E-state index is 0.439. The predicted molar refractivity (Wildman–Crippen MR) is 88.5 cm³/mol. The average Bonchev–Trinajstić information content (AvgIpc) is 2.93. The molecule has 0 atom stereocenters. The molecule has 0 saturated carbocycles. The highest BCUT2D eigenvalue weighted by Crippen LogP contribution is 2.22. The van der Waals surface area contributed by atoms with Crippen LogP contribution < -0.4 is 5.32 Å². The zero-order valence-electron chi connectivity index (χ0n) is 12.0. The first-order valence-electron chi connectivity index (χ1n) is 6.96. The van der Waals surface area contributed by atoms with Crippen LogP contribution in [0.25, 0.3) is 16.5 Å². The summed E-state index contributed by atoms with van der Waals surface area (Å²) in [6, 6.07) is 13.0. The number of rotatable bonds is 4. The minimum Gasteiger partial charge on any atom is -0.309 e. The fourth-order valence-electron chi connectivity index (χ4n) is 2.16. The van der Waals surface area contributed by atoms with Gasteiger partial charge in [0.2, 0.25) is 0 Å². The van der Waals surface area contributed by atoms with Gasteiger partial charge >= 0.3 is 0 Å². The van der Waals surface area contributed by atoms with Gasteiger partial charge in [0.1, 0.15) is 0 Å². The van der Waals surface area contributed by atoms with E-state index in [1.54, 1.807) is 0 Å². The summed E-state index contributed by atoms with van der Waals surface area (Å²) in [4.78, 5) is 0. The van der Waals surface area contributed by atoms with E-state index < -0.39 is 0 Å². The Balaban J connectivity index is 1.88. The van der Waals surface area contributed by atoms with Crippen molar-refractivity contribution in [2.24, 2.45) is 0 Å². The van der Waals surface area contributed by atoms with Crippen LogP contribution in [0.5, 0.6) is 0 Å². The third kappa shape index (κ3) is 3.31. The van der Waals surface area contributed by atoms with Crippen molar-refractivity contribution in [1.29, 1.82) is 0 Å². The third-order valence-corrected chi connectivity index (χ3v) is 3.78. The largest absolute Gasteiger partial charge is 0.309 e. The summed E-state index contributed by atoms with van der Waals surface area (Å²) in [6.07, 6.45) is 1.97. The van der Waals surface area contributed by atoms with E-state index in [-0.39, 0.29) is 0 Å². The highest BCUT2D eigenvalue weighted by Gasteiger charge is 2.04. The highest BCUT2D eigenvalue weighted by atomic mass is 79.9. The first-order chi connectivity index (χ1) is 10.1. The topological polar surface area (TPSA) is 42.7 Å². The molecule has 0 aliphatic carbocycles. The van der Waals surface area contributed by atoms with Crippen molar-refractivity contribution in [3.63, 3.8) is 0 Å². The summed E-state index contributed by atoms with van der Waals surface area (Å²) in [5.74, 6) is 0. The minimum absolute atomic E-state index is 0.439. The van der Waals surface area contributed by atoms with E-state index in [1.807, 2.05) is 16.9 Å². The molecule has 0 spiro atoms. The van der Waals surface area contributed by atoms with Crippen molar-refractivity contribution in [3.8, 4) is 5.69 Å². The van der Waals surface area contributed by atoms with Gasteiger partial charge in [0, 0.05) is 17.1 Å². The summed E-state index contributed by atoms with van der Waals surface area (Å²) in [7, 11) is 0. The Kier molecular flexibility index (Phi) is 4.03. The molecule has 0 saturated heterocycles. The van der Waals surface area contributed by atoms with Crippen LogP contribution in [0.1, 0.15) is 19.5 Å². The summed E-state index contributed by atoms with van der Waals surface area (Å²) < 4.78 is 2.91. The summed E-state index contributed by atoms with van der Waals surface area (Å²) in [5, 5.41) is 14.1. The molecule has 1 N–H and O–H groups in total. The van der Waals surface area contributed by atoms with Crippen molar-refractivity contribution < 1.29 is 0 Å². The lowest BCUT2D eigenvalue weighted by Crippen LogP contribution is -2.21. The molecule has 2 aromatic carbocycles. The van der Waals surface area contributed by atoms with Crippen molar-refractivity contribution in [2.75, 3.05) is 0 Å². The molecule has 108 valence electrons. The predicted octanol–water partition coefficient (Wildman–Crippen LogP) is 3.68. The van der Waals surface area contributed by atoms with Crippen molar-refractivity contribution in [2.45, 2.75) is 26.4 Å². The van der Waals surface area contributed by atoms with Gasteiger partial charge in [0.25, 0.3) is 0 Å². The number of fused-ring (bicyclic) bond motifs is 1. The van der Waals surface area contributed by atoms with Crippen LogP contribution in [-0.2, 0) is 6.54 Å². The first-order valence-corrected chi connectivity index (χ1v) is 7.75. The number of benzene rings is 2. The van der Waals surface area contributed by atoms with Crippen LogP contribution in [0.2, 0.25) is 0 Å². The number of nitrogens with zero attached hydrogens (tertiary/aromatic N) is 3. The molecule has 21 heavy (non-hydrogen) atoms. The Hall–Kier alpha value is -1.72. The average molecular weight is 345 g/mol. The molecule has 0 radical (unpaired) electrons. The smallest absolute Gasteiger partial charge is 0.0969 e. The molecule has 0 fully saturated rings. The molecular weight excluding hydrogens is 328 g/mol. The number of nitrogens with one attached hydrogen (secondary N) is 1. The standard InChI is InChI=1S/C16H17BrN4/c1-11(2)18-9-15-10-21(20-19-15)16-6-4-12-7-14(17)5-3-13(12)8-16/h3-8,10-11,18H,9H2,1-2H3. The van der Waals surface area contributed by atoms with Crippen LogP contribution in [-0.4, -0.2) is 21.0 Å². The maximum Gasteiger partial charge on any atom is 0.0969 e. The number of aromatic nitrogens is 3. The molecule has 5 heteroatoms. The van der Waals surface area contributed by atoms with Crippen molar-refractivity contribution >= 4 is 26.7 Å². The van der Waals surface area contributed by atoms with Gasteiger partial charge in [-0.3, -0.25) is 0 Å². The molecule has 0 aliphatic rings. The monoisotopic (exact) mass is 344 g/mol. The molecule has 0 amide bonds. The molecule has 3 rings (SSSR count). The Morgan fingerprint density at radius 2 is 1.90 bits per heavy atom. The number of halogens is 1. The molecule has 0 bridgehead atoms. The molecular formula is C16H17BrN4. The Morgan fingerprint density at radius 3 is 2.71 bits per heavy atom. The zero-order chi connectivity index (χ0) is 14.8. The summed E-state index contributed by atoms with van der Waals surface area (Å²) >= 11 is 3.49. The Bertz CT molecular complexity index is 764. The first kappa shape index (κ1) is 14.2. The lowest BCUT2D eigenvalue weighted by molar-refractivity contribution is 0.580. The van der Waals surface area contributed by atoms with E-state index in [2.05, 4.69) is 75.7 Å². The normalized spacial score (nSPS) is 11.4. The second-order valence-corrected chi connectivity index (χ2v) is 6.28. The van der Waals surface area contributed by atoms with Gasteiger partial charge in [-0.2, -0.15) is 0 Å². The van der Waals surface area contributed by atoms with Gasteiger partial charge in [0.15, 0.2) is 0 Å². The van der Waals surface area contributed by atoms with Gasteiger partial charge in [-0.15, -0.1) is 5.10 Å². The molecule has 1 heterocycles. The van der Waals surface area contributed by atoms with Crippen LogP contribution in [0.4, 0.5) is 0 Å².